The molecule has 2 fully saturated rings. The number of hydrogen-bond acceptors (Lipinski definition) is 5. The van der Waals surface area contributed by atoms with Crippen LogP contribution in [-0.2, 0) is 4.74 Å². The van der Waals surface area contributed by atoms with Gasteiger partial charge in [0.15, 0.2) is 0 Å². The Morgan fingerprint density at radius 2 is 2.00 bits per heavy atom. The molecule has 30 heavy (non-hydrogen) atoms. The van der Waals surface area contributed by atoms with Crippen LogP contribution in [0.15, 0.2) is 47.6 Å². The number of hydrogen-bond donors (Lipinski definition) is 0. The Bertz CT molecular complexity index is 936. The quantitative estimate of drug-likeness (QED) is 0.720. The molecule has 0 N–H and O–H groups in total. The summed E-state index contributed by atoms with van der Waals surface area (Å²) in [7, 11) is 0. The highest BCUT2D eigenvalue weighted by molar-refractivity contribution is 7.99. The third kappa shape index (κ3) is 4.69. The number of aromatic nitrogens is 1. The van der Waals surface area contributed by atoms with Crippen LogP contribution in [0.2, 0.25) is 0 Å². The van der Waals surface area contributed by atoms with E-state index < -0.39 is 0 Å². The summed E-state index contributed by atoms with van der Waals surface area (Å²) in [6.07, 6.45) is 5.63. The van der Waals surface area contributed by atoms with E-state index in [2.05, 4.69) is 24.0 Å². The van der Waals surface area contributed by atoms with E-state index >= 15 is 0 Å². The predicted octanol–water partition coefficient (Wildman–Crippen LogP) is 4.63. The maximum Gasteiger partial charge on any atom is 0.254 e. The van der Waals surface area contributed by atoms with Gasteiger partial charge in [-0.1, -0.05) is 18.2 Å². The summed E-state index contributed by atoms with van der Waals surface area (Å²) in [5.41, 5.74) is 2.62. The molecule has 0 spiro atoms. The molecule has 1 aromatic heterocycles. The molecule has 0 bridgehead atoms. The molecule has 1 aromatic carbocycles. The summed E-state index contributed by atoms with van der Waals surface area (Å²) in [4.78, 5) is 20.0. The van der Waals surface area contributed by atoms with Crippen molar-refractivity contribution in [1.29, 1.82) is 5.26 Å². The highest BCUT2D eigenvalue weighted by atomic mass is 32.2. The van der Waals surface area contributed by atoms with Crippen molar-refractivity contribution in [1.82, 2.24) is 9.88 Å². The largest absolute Gasteiger partial charge is 0.381 e. The molecule has 2 aliphatic heterocycles. The summed E-state index contributed by atoms with van der Waals surface area (Å²) in [6, 6.07) is 14.0. The Balaban J connectivity index is 1.51. The van der Waals surface area contributed by atoms with Gasteiger partial charge in [0.25, 0.3) is 5.91 Å². The molecule has 0 aliphatic carbocycles. The fourth-order valence-corrected chi connectivity index (χ4v) is 5.53. The van der Waals surface area contributed by atoms with Crippen LogP contribution < -0.4 is 0 Å². The zero-order chi connectivity index (χ0) is 20.9. The normalized spacial score (nSPS) is 22.5. The van der Waals surface area contributed by atoms with Crippen LogP contribution in [-0.4, -0.2) is 46.8 Å². The topological polar surface area (TPSA) is 66.2 Å². The van der Waals surface area contributed by atoms with E-state index in [1.165, 1.54) is 0 Å². The second-order valence-corrected chi connectivity index (χ2v) is 9.41. The number of piperidine rings is 1. The van der Waals surface area contributed by atoms with E-state index in [1.54, 1.807) is 24.0 Å². The molecule has 156 valence electrons. The van der Waals surface area contributed by atoms with E-state index in [1.807, 2.05) is 29.2 Å². The van der Waals surface area contributed by atoms with E-state index in [9.17, 15) is 4.79 Å². The van der Waals surface area contributed by atoms with Gasteiger partial charge in [-0.15, -0.1) is 11.8 Å². The minimum Gasteiger partial charge on any atom is -0.381 e. The van der Waals surface area contributed by atoms with Gasteiger partial charge in [0.1, 0.15) is 0 Å². The number of pyridine rings is 1. The van der Waals surface area contributed by atoms with E-state index in [-0.39, 0.29) is 17.2 Å². The number of carbonyl (C=O) groups excluding carboxylic acids is 1. The van der Waals surface area contributed by atoms with Crippen LogP contribution in [0.25, 0.3) is 0 Å². The maximum absolute atomic E-state index is 13.6. The smallest absolute Gasteiger partial charge is 0.254 e. The summed E-state index contributed by atoms with van der Waals surface area (Å²) in [6.45, 7) is 4.37. The van der Waals surface area contributed by atoms with Gasteiger partial charge in [-0.2, -0.15) is 5.26 Å². The third-order valence-corrected chi connectivity index (χ3v) is 7.29. The molecule has 2 aromatic rings. The van der Waals surface area contributed by atoms with Gasteiger partial charge in [-0.05, 0) is 62.3 Å². The van der Waals surface area contributed by atoms with Gasteiger partial charge in [0.05, 0.1) is 16.7 Å². The molecule has 0 unspecified atom stereocenters. The van der Waals surface area contributed by atoms with Crippen molar-refractivity contribution in [2.75, 3.05) is 19.8 Å². The molecule has 3 heterocycles. The monoisotopic (exact) mass is 421 g/mol. The lowest BCUT2D eigenvalue weighted by Crippen LogP contribution is -2.47. The van der Waals surface area contributed by atoms with Crippen molar-refractivity contribution in [3.63, 3.8) is 0 Å². The number of likely N-dealkylation sites (tertiary alicyclic amines) is 1. The fraction of sp³-hybridized carbons (Fsp3) is 0.458. The minimum atomic E-state index is 0.133. The highest BCUT2D eigenvalue weighted by Gasteiger charge is 2.32. The lowest BCUT2D eigenvalue weighted by atomic mass is 9.87. The summed E-state index contributed by atoms with van der Waals surface area (Å²) in [5, 5.41) is 10.3. The SMILES string of the molecule is C[C@@H]1CC[C@@H](Sc2cc(C#N)ccn2)CN1C(=O)c1ccccc1C1CCOCC1. The standard InChI is InChI=1S/C24H27N3O2S/c1-17-6-7-20(30-23-14-18(15-25)8-11-26-23)16-27(17)24(28)22-5-3-2-4-21(22)19-9-12-29-13-10-19/h2-5,8,11,14,17,19-20H,6-7,9-10,12-13,16H2,1H3/t17-,20-/m1/s1. The first-order valence-electron chi connectivity index (χ1n) is 10.7. The number of nitriles is 1. The van der Waals surface area contributed by atoms with Crippen LogP contribution in [0.1, 0.15) is 60.0 Å². The molecule has 2 saturated heterocycles. The average Bonchev–Trinajstić information content (AvgIpc) is 2.80. The molecule has 0 saturated carbocycles. The van der Waals surface area contributed by atoms with Crippen molar-refractivity contribution in [3.8, 4) is 6.07 Å². The zero-order valence-corrected chi connectivity index (χ0v) is 18.1. The first kappa shape index (κ1) is 20.9. The van der Waals surface area contributed by atoms with Gasteiger partial charge in [-0.25, -0.2) is 4.98 Å². The number of benzene rings is 1. The van der Waals surface area contributed by atoms with Crippen molar-refractivity contribution in [2.45, 2.75) is 54.8 Å². The first-order chi connectivity index (χ1) is 14.7. The summed E-state index contributed by atoms with van der Waals surface area (Å²) in [5.74, 6) is 0.524. The first-order valence-corrected chi connectivity index (χ1v) is 11.5. The molecular weight excluding hydrogens is 394 g/mol. The fourth-order valence-electron chi connectivity index (χ4n) is 4.38. The zero-order valence-electron chi connectivity index (χ0n) is 17.3. The Morgan fingerprint density at radius 3 is 2.80 bits per heavy atom. The molecule has 5 nitrogen and oxygen atoms in total. The van der Waals surface area contributed by atoms with Crippen LogP contribution >= 0.6 is 11.8 Å². The maximum atomic E-state index is 13.6. The van der Waals surface area contributed by atoms with Crippen LogP contribution in [0.3, 0.4) is 0 Å². The molecule has 1 amide bonds. The van der Waals surface area contributed by atoms with Gasteiger partial charge < -0.3 is 9.64 Å². The number of thioether (sulfide) groups is 1. The Hall–Kier alpha value is -2.36. The van der Waals surface area contributed by atoms with E-state index in [4.69, 9.17) is 10.00 Å². The van der Waals surface area contributed by atoms with Crippen LogP contribution in [0.5, 0.6) is 0 Å². The summed E-state index contributed by atoms with van der Waals surface area (Å²) >= 11 is 1.67. The van der Waals surface area contributed by atoms with Crippen LogP contribution in [0, 0.1) is 11.3 Å². The van der Waals surface area contributed by atoms with Crippen molar-refractivity contribution < 1.29 is 9.53 Å². The third-order valence-electron chi connectivity index (χ3n) is 6.10. The van der Waals surface area contributed by atoms with E-state index in [0.717, 1.165) is 55.0 Å². The number of carbonyl (C=O) groups is 1. The van der Waals surface area contributed by atoms with Gasteiger partial charge in [0.2, 0.25) is 0 Å². The Kier molecular flexibility index (Phi) is 6.71. The molecule has 6 heteroatoms. The number of amides is 1. The summed E-state index contributed by atoms with van der Waals surface area (Å²) < 4.78 is 5.52. The Labute approximate surface area is 182 Å². The minimum absolute atomic E-state index is 0.133. The number of rotatable bonds is 4. The molecule has 0 radical (unpaired) electrons. The molecular formula is C24H27N3O2S. The van der Waals surface area contributed by atoms with Crippen molar-refractivity contribution >= 4 is 17.7 Å². The van der Waals surface area contributed by atoms with Crippen LogP contribution in [0.4, 0.5) is 0 Å². The molecule has 2 atom stereocenters. The number of ether oxygens (including phenoxy) is 1. The van der Waals surface area contributed by atoms with Gasteiger partial charge >= 0.3 is 0 Å². The Morgan fingerprint density at radius 1 is 1.20 bits per heavy atom. The second kappa shape index (κ2) is 9.63. The predicted molar refractivity (Wildman–Crippen MR) is 118 cm³/mol. The molecule has 2 aliphatic rings. The lowest BCUT2D eigenvalue weighted by Gasteiger charge is -2.38. The van der Waals surface area contributed by atoms with Crippen molar-refractivity contribution in [2.24, 2.45) is 0 Å². The van der Waals surface area contributed by atoms with Gasteiger partial charge in [0, 0.05) is 42.8 Å². The van der Waals surface area contributed by atoms with Gasteiger partial charge in [-0.3, -0.25) is 4.79 Å². The lowest BCUT2D eigenvalue weighted by molar-refractivity contribution is 0.0633. The molecule has 4 rings (SSSR count). The average molecular weight is 422 g/mol. The van der Waals surface area contributed by atoms with E-state index in [0.29, 0.717) is 18.0 Å². The second-order valence-electron chi connectivity index (χ2n) is 8.09. The highest BCUT2D eigenvalue weighted by Crippen LogP contribution is 2.34. The number of nitrogens with zero attached hydrogens (tertiary/aromatic N) is 3. The van der Waals surface area contributed by atoms with Crippen molar-refractivity contribution in [3.05, 3.63) is 59.3 Å².